The third-order valence-corrected chi connectivity index (χ3v) is 5.21. The molecule has 0 bridgehead atoms. The molecule has 1 saturated heterocycles. The number of thiophene rings is 1. The van der Waals surface area contributed by atoms with Gasteiger partial charge in [0.1, 0.15) is 0 Å². The van der Waals surface area contributed by atoms with Gasteiger partial charge in [-0.15, -0.1) is 11.3 Å². The Balaban J connectivity index is 1.58. The van der Waals surface area contributed by atoms with Gasteiger partial charge in [-0.25, -0.2) is 0 Å². The molecule has 24 heavy (non-hydrogen) atoms. The number of carbonyl (C=O) groups excluding carboxylic acids is 2. The van der Waals surface area contributed by atoms with Gasteiger partial charge in [-0.05, 0) is 55.1 Å². The van der Waals surface area contributed by atoms with E-state index in [1.807, 2.05) is 0 Å². The number of hydrogen-bond acceptors (Lipinski definition) is 4. The third-order valence-electron chi connectivity index (χ3n) is 4.24. The Morgan fingerprint density at radius 3 is 2.71 bits per heavy atom. The van der Waals surface area contributed by atoms with E-state index >= 15 is 0 Å². The molecule has 1 fully saturated rings. The zero-order valence-corrected chi connectivity index (χ0v) is 14.4. The van der Waals surface area contributed by atoms with Gasteiger partial charge in [-0.2, -0.15) is 0 Å². The highest BCUT2D eigenvalue weighted by Crippen LogP contribution is 2.34. The summed E-state index contributed by atoms with van der Waals surface area (Å²) in [6.07, 6.45) is 2.23. The first-order valence-corrected chi connectivity index (χ1v) is 8.95. The molecule has 2 heterocycles. The summed E-state index contributed by atoms with van der Waals surface area (Å²) in [5, 5.41) is 7.57. The number of nitrogens with one attached hydrogen (secondary N) is 2. The zero-order chi connectivity index (χ0) is 16.9. The molecule has 1 aliphatic heterocycles. The predicted octanol–water partition coefficient (Wildman–Crippen LogP) is 2.88. The maximum atomic E-state index is 12.3. The fourth-order valence-electron chi connectivity index (χ4n) is 3.05. The van der Waals surface area contributed by atoms with E-state index in [4.69, 9.17) is 0 Å². The number of carbonyl (C=O) groups is 2. The van der Waals surface area contributed by atoms with Crippen LogP contribution in [0.1, 0.15) is 34.1 Å². The van der Waals surface area contributed by atoms with Crippen LogP contribution in [0.15, 0.2) is 41.8 Å². The van der Waals surface area contributed by atoms with E-state index in [-0.39, 0.29) is 11.8 Å². The van der Waals surface area contributed by atoms with Gasteiger partial charge in [0.05, 0.1) is 6.54 Å². The molecule has 6 heteroatoms. The Bertz CT molecular complexity index is 698. The highest BCUT2D eigenvalue weighted by atomic mass is 32.1. The van der Waals surface area contributed by atoms with Gasteiger partial charge in [0.15, 0.2) is 0 Å². The number of hydrogen-bond donors (Lipinski definition) is 2. The van der Waals surface area contributed by atoms with Crippen molar-refractivity contribution in [2.75, 3.05) is 25.5 Å². The number of anilines is 1. The normalized spacial score (nSPS) is 17.6. The van der Waals surface area contributed by atoms with Crippen molar-refractivity contribution in [3.63, 3.8) is 0 Å². The molecule has 2 N–H and O–H groups in total. The Labute approximate surface area is 145 Å². The van der Waals surface area contributed by atoms with E-state index in [0.29, 0.717) is 23.8 Å². The van der Waals surface area contributed by atoms with E-state index in [9.17, 15) is 9.59 Å². The van der Waals surface area contributed by atoms with Crippen molar-refractivity contribution in [3.05, 3.63) is 52.2 Å². The summed E-state index contributed by atoms with van der Waals surface area (Å²) in [4.78, 5) is 27.4. The van der Waals surface area contributed by atoms with Gasteiger partial charge < -0.3 is 10.6 Å². The summed E-state index contributed by atoms with van der Waals surface area (Å²) >= 11 is 1.75. The Morgan fingerprint density at radius 2 is 2.04 bits per heavy atom. The first-order chi connectivity index (χ1) is 11.7. The van der Waals surface area contributed by atoms with Crippen LogP contribution in [-0.2, 0) is 4.79 Å². The first kappa shape index (κ1) is 16.7. The third kappa shape index (κ3) is 3.83. The van der Waals surface area contributed by atoms with Crippen molar-refractivity contribution in [3.8, 4) is 0 Å². The number of benzene rings is 1. The minimum Gasteiger partial charge on any atom is -0.355 e. The molecule has 1 atom stereocenters. The van der Waals surface area contributed by atoms with Crippen molar-refractivity contribution < 1.29 is 9.59 Å². The minimum absolute atomic E-state index is 0.0221. The largest absolute Gasteiger partial charge is 0.355 e. The molecule has 2 aromatic rings. The van der Waals surface area contributed by atoms with Crippen LogP contribution in [0.25, 0.3) is 0 Å². The Morgan fingerprint density at radius 1 is 1.25 bits per heavy atom. The second kappa shape index (κ2) is 7.59. The lowest BCUT2D eigenvalue weighted by Gasteiger charge is -2.22. The van der Waals surface area contributed by atoms with Crippen LogP contribution in [0.5, 0.6) is 0 Å². The molecule has 0 radical (unpaired) electrons. The Kier molecular flexibility index (Phi) is 5.27. The van der Waals surface area contributed by atoms with E-state index < -0.39 is 0 Å². The molecule has 1 aromatic heterocycles. The quantitative estimate of drug-likeness (QED) is 0.877. The van der Waals surface area contributed by atoms with E-state index in [1.165, 1.54) is 4.88 Å². The van der Waals surface area contributed by atoms with E-state index in [0.717, 1.165) is 19.4 Å². The van der Waals surface area contributed by atoms with Gasteiger partial charge in [-0.3, -0.25) is 14.5 Å². The topological polar surface area (TPSA) is 61.4 Å². The lowest BCUT2D eigenvalue weighted by molar-refractivity contribution is -0.117. The maximum absolute atomic E-state index is 12.3. The number of amides is 2. The smallest absolute Gasteiger partial charge is 0.251 e. The number of likely N-dealkylation sites (tertiary alicyclic amines) is 1. The standard InChI is InChI=1S/C18H21N3O2S/c1-19-18(23)13-6-8-14(9-7-13)20-17(22)12-21-10-2-4-15(21)16-5-3-11-24-16/h3,5-9,11,15H,2,4,10,12H2,1H3,(H,19,23)(H,20,22)/t15-/m0/s1. The summed E-state index contributed by atoms with van der Waals surface area (Å²) in [6.45, 7) is 1.34. The van der Waals surface area contributed by atoms with Crippen LogP contribution in [0, 0.1) is 0 Å². The summed E-state index contributed by atoms with van der Waals surface area (Å²) in [6, 6.07) is 11.5. The average molecular weight is 343 g/mol. The SMILES string of the molecule is CNC(=O)c1ccc(NC(=O)CN2CCC[C@H]2c2cccs2)cc1. The van der Waals surface area contributed by atoms with Gasteiger partial charge >= 0.3 is 0 Å². The second-order valence-corrected chi connectivity index (χ2v) is 6.83. The van der Waals surface area contributed by atoms with Gasteiger partial charge in [0, 0.05) is 29.2 Å². The Hall–Kier alpha value is -2.18. The lowest BCUT2D eigenvalue weighted by Crippen LogP contribution is -2.32. The van der Waals surface area contributed by atoms with Crippen LogP contribution in [0.4, 0.5) is 5.69 Å². The van der Waals surface area contributed by atoms with Crippen LogP contribution in [0.3, 0.4) is 0 Å². The van der Waals surface area contributed by atoms with Gasteiger partial charge in [0.2, 0.25) is 5.91 Å². The molecule has 126 valence electrons. The van der Waals surface area contributed by atoms with Crippen molar-refractivity contribution in [1.82, 2.24) is 10.2 Å². The fourth-order valence-corrected chi connectivity index (χ4v) is 3.95. The summed E-state index contributed by atoms with van der Waals surface area (Å²) in [5.74, 6) is -0.158. The van der Waals surface area contributed by atoms with E-state index in [2.05, 4.69) is 33.0 Å². The molecule has 1 aromatic carbocycles. The van der Waals surface area contributed by atoms with Crippen molar-refractivity contribution in [2.24, 2.45) is 0 Å². The molecule has 0 aliphatic carbocycles. The summed E-state index contributed by atoms with van der Waals surface area (Å²) in [5.41, 5.74) is 1.28. The van der Waals surface area contributed by atoms with Crippen molar-refractivity contribution in [2.45, 2.75) is 18.9 Å². The average Bonchev–Trinajstić information content (AvgIpc) is 3.26. The van der Waals surface area contributed by atoms with Gasteiger partial charge in [0.25, 0.3) is 5.91 Å². The molecule has 0 spiro atoms. The highest BCUT2D eigenvalue weighted by molar-refractivity contribution is 7.10. The first-order valence-electron chi connectivity index (χ1n) is 8.07. The predicted molar refractivity (Wildman–Crippen MR) is 96.3 cm³/mol. The fraction of sp³-hybridized carbons (Fsp3) is 0.333. The molecule has 1 aliphatic rings. The highest BCUT2D eigenvalue weighted by Gasteiger charge is 2.28. The molecular weight excluding hydrogens is 322 g/mol. The zero-order valence-electron chi connectivity index (χ0n) is 13.6. The van der Waals surface area contributed by atoms with E-state index in [1.54, 1.807) is 42.6 Å². The molecule has 5 nitrogen and oxygen atoms in total. The molecule has 0 unspecified atom stereocenters. The van der Waals surface area contributed by atoms with Crippen LogP contribution >= 0.6 is 11.3 Å². The molecular formula is C18H21N3O2S. The number of rotatable bonds is 5. The van der Waals surface area contributed by atoms with Crippen LogP contribution in [-0.4, -0.2) is 36.9 Å². The second-order valence-electron chi connectivity index (χ2n) is 5.85. The molecule has 3 rings (SSSR count). The van der Waals surface area contributed by atoms with Crippen molar-refractivity contribution in [1.29, 1.82) is 0 Å². The molecule has 0 saturated carbocycles. The minimum atomic E-state index is -0.135. The summed E-state index contributed by atoms with van der Waals surface area (Å²) < 4.78 is 0. The maximum Gasteiger partial charge on any atom is 0.251 e. The number of nitrogens with zero attached hydrogens (tertiary/aromatic N) is 1. The van der Waals surface area contributed by atoms with Crippen molar-refractivity contribution >= 4 is 28.8 Å². The summed E-state index contributed by atoms with van der Waals surface area (Å²) in [7, 11) is 1.60. The lowest BCUT2D eigenvalue weighted by atomic mass is 10.2. The van der Waals surface area contributed by atoms with Crippen LogP contribution in [0.2, 0.25) is 0 Å². The molecule has 2 amide bonds. The van der Waals surface area contributed by atoms with Gasteiger partial charge in [-0.1, -0.05) is 6.07 Å². The monoisotopic (exact) mass is 343 g/mol. The van der Waals surface area contributed by atoms with Crippen LogP contribution < -0.4 is 10.6 Å².